The van der Waals surface area contributed by atoms with Crippen molar-refractivity contribution in [1.82, 2.24) is 5.32 Å². The van der Waals surface area contributed by atoms with Gasteiger partial charge in [0.05, 0.1) is 0 Å². The molecule has 1 N–H and O–H groups in total. The number of hydrogen-bond donors (Lipinski definition) is 1. The minimum atomic E-state index is 0.601. The van der Waals surface area contributed by atoms with E-state index in [0.717, 1.165) is 17.8 Å². The summed E-state index contributed by atoms with van der Waals surface area (Å²) >= 11 is 0. The first-order valence-electron chi connectivity index (χ1n) is 7.64. The molecule has 18 heavy (non-hydrogen) atoms. The quantitative estimate of drug-likeness (QED) is 0.854. The Morgan fingerprint density at radius 1 is 1.06 bits per heavy atom. The van der Waals surface area contributed by atoms with Gasteiger partial charge in [0.2, 0.25) is 0 Å². The molecule has 96 valence electrons. The number of rotatable bonds is 3. The summed E-state index contributed by atoms with van der Waals surface area (Å²) in [6.45, 7) is 0. The summed E-state index contributed by atoms with van der Waals surface area (Å²) in [6.07, 6.45) is 8.41. The molecule has 1 aromatic rings. The molecule has 3 unspecified atom stereocenters. The van der Waals surface area contributed by atoms with Gasteiger partial charge in [0.1, 0.15) is 0 Å². The summed E-state index contributed by atoms with van der Waals surface area (Å²) in [7, 11) is 2.14. The first-order chi connectivity index (χ1) is 8.85. The van der Waals surface area contributed by atoms with Crippen LogP contribution in [0.15, 0.2) is 18.2 Å². The summed E-state index contributed by atoms with van der Waals surface area (Å²) in [5.41, 5.74) is 4.77. The molecule has 0 spiro atoms. The Hall–Kier alpha value is -0.820. The van der Waals surface area contributed by atoms with Gasteiger partial charge in [-0.2, -0.15) is 0 Å². The predicted octanol–water partition coefficient (Wildman–Crippen LogP) is 3.48. The van der Waals surface area contributed by atoms with E-state index in [1.165, 1.54) is 38.5 Å². The van der Waals surface area contributed by atoms with Crippen LogP contribution in [0.25, 0.3) is 0 Å². The fraction of sp³-hybridized carbons (Fsp3) is 0.647. The van der Waals surface area contributed by atoms with Crippen LogP contribution in [0, 0.1) is 17.8 Å². The maximum atomic E-state index is 3.59. The van der Waals surface area contributed by atoms with E-state index in [9.17, 15) is 0 Å². The first kappa shape index (κ1) is 11.0. The number of hydrogen-bond acceptors (Lipinski definition) is 1. The molecule has 0 aliphatic heterocycles. The van der Waals surface area contributed by atoms with Crippen molar-refractivity contribution in [2.75, 3.05) is 7.05 Å². The van der Waals surface area contributed by atoms with Gasteiger partial charge in [-0.15, -0.1) is 0 Å². The second kappa shape index (κ2) is 4.09. The highest BCUT2D eigenvalue weighted by molar-refractivity contribution is 5.37. The fourth-order valence-electron chi connectivity index (χ4n) is 4.49. The zero-order valence-corrected chi connectivity index (χ0v) is 11.3. The molecule has 0 amide bonds. The molecule has 0 saturated heterocycles. The Balaban J connectivity index is 1.59. The zero-order chi connectivity index (χ0) is 12.1. The number of nitrogens with one attached hydrogen (secondary N) is 1. The maximum absolute atomic E-state index is 3.59. The monoisotopic (exact) mass is 241 g/mol. The van der Waals surface area contributed by atoms with E-state index < -0.39 is 0 Å². The van der Waals surface area contributed by atoms with Crippen molar-refractivity contribution in [3.05, 3.63) is 34.9 Å². The molecule has 0 bridgehead atoms. The molecule has 2 saturated carbocycles. The summed E-state index contributed by atoms with van der Waals surface area (Å²) in [4.78, 5) is 0. The standard InChI is InChI=1S/C17H23N/c1-18-17(16-9-14-8-15(14)10-16)13-6-5-11-3-2-4-12(11)7-13/h5-7,14-18H,2-4,8-10H2,1H3. The van der Waals surface area contributed by atoms with Gasteiger partial charge in [0.15, 0.2) is 0 Å². The van der Waals surface area contributed by atoms with Crippen molar-refractivity contribution in [2.45, 2.75) is 44.6 Å². The Kier molecular flexibility index (Phi) is 2.51. The number of fused-ring (bicyclic) bond motifs is 2. The zero-order valence-electron chi connectivity index (χ0n) is 11.3. The van der Waals surface area contributed by atoms with Gasteiger partial charge in [0, 0.05) is 6.04 Å². The Bertz CT molecular complexity index is 455. The normalized spacial score (nSPS) is 34.2. The molecule has 0 heterocycles. The lowest BCUT2D eigenvalue weighted by Crippen LogP contribution is -2.24. The highest BCUT2D eigenvalue weighted by atomic mass is 14.9. The highest BCUT2D eigenvalue weighted by Crippen LogP contribution is 2.57. The van der Waals surface area contributed by atoms with Crippen LogP contribution in [0.2, 0.25) is 0 Å². The van der Waals surface area contributed by atoms with E-state index in [2.05, 4.69) is 30.6 Å². The summed E-state index contributed by atoms with van der Waals surface area (Å²) in [6, 6.07) is 7.86. The van der Waals surface area contributed by atoms with Crippen LogP contribution < -0.4 is 5.32 Å². The second-order valence-corrected chi connectivity index (χ2v) is 6.64. The van der Waals surface area contributed by atoms with Gasteiger partial charge in [-0.25, -0.2) is 0 Å². The molecule has 0 radical (unpaired) electrons. The third kappa shape index (κ3) is 1.72. The van der Waals surface area contributed by atoms with Crippen LogP contribution in [0.1, 0.15) is 48.4 Å². The minimum Gasteiger partial charge on any atom is -0.313 e. The third-order valence-corrected chi connectivity index (χ3v) is 5.54. The molecule has 1 nitrogen and oxygen atoms in total. The van der Waals surface area contributed by atoms with Gasteiger partial charge in [0.25, 0.3) is 0 Å². The first-order valence-corrected chi connectivity index (χ1v) is 7.64. The molecule has 2 fully saturated rings. The van der Waals surface area contributed by atoms with Crippen molar-refractivity contribution in [3.8, 4) is 0 Å². The average Bonchev–Trinajstić information content (AvgIpc) is 2.82. The van der Waals surface area contributed by atoms with Crippen molar-refractivity contribution < 1.29 is 0 Å². The Morgan fingerprint density at radius 2 is 1.83 bits per heavy atom. The summed E-state index contributed by atoms with van der Waals surface area (Å²) in [5, 5.41) is 3.59. The molecule has 3 atom stereocenters. The van der Waals surface area contributed by atoms with E-state index >= 15 is 0 Å². The lowest BCUT2D eigenvalue weighted by Gasteiger charge is -2.25. The molecular weight excluding hydrogens is 218 g/mol. The van der Waals surface area contributed by atoms with Crippen molar-refractivity contribution in [1.29, 1.82) is 0 Å². The van der Waals surface area contributed by atoms with Crippen LogP contribution >= 0.6 is 0 Å². The Morgan fingerprint density at radius 3 is 2.61 bits per heavy atom. The average molecular weight is 241 g/mol. The highest BCUT2D eigenvalue weighted by Gasteiger charge is 2.47. The van der Waals surface area contributed by atoms with Crippen molar-refractivity contribution in [2.24, 2.45) is 17.8 Å². The van der Waals surface area contributed by atoms with Gasteiger partial charge < -0.3 is 5.32 Å². The van der Waals surface area contributed by atoms with E-state index in [1.54, 1.807) is 16.7 Å². The predicted molar refractivity (Wildman–Crippen MR) is 74.6 cm³/mol. The molecule has 3 aliphatic rings. The van der Waals surface area contributed by atoms with Crippen LogP contribution in [0.4, 0.5) is 0 Å². The molecule has 1 heteroatoms. The van der Waals surface area contributed by atoms with Crippen LogP contribution in [-0.2, 0) is 12.8 Å². The largest absolute Gasteiger partial charge is 0.313 e. The van der Waals surface area contributed by atoms with Gasteiger partial charge >= 0.3 is 0 Å². The third-order valence-electron chi connectivity index (χ3n) is 5.54. The maximum Gasteiger partial charge on any atom is 0.0346 e. The lowest BCUT2D eigenvalue weighted by molar-refractivity contribution is 0.359. The molecule has 1 aromatic carbocycles. The van der Waals surface area contributed by atoms with Gasteiger partial charge in [-0.1, -0.05) is 18.2 Å². The minimum absolute atomic E-state index is 0.601. The number of benzene rings is 1. The van der Waals surface area contributed by atoms with Crippen LogP contribution in [-0.4, -0.2) is 7.05 Å². The summed E-state index contributed by atoms with van der Waals surface area (Å²) in [5.74, 6) is 3.05. The van der Waals surface area contributed by atoms with E-state index in [0.29, 0.717) is 6.04 Å². The summed E-state index contributed by atoms with van der Waals surface area (Å²) < 4.78 is 0. The Labute approximate surface area is 110 Å². The van der Waals surface area contributed by atoms with Crippen molar-refractivity contribution in [3.63, 3.8) is 0 Å². The number of aryl methyl sites for hydroxylation is 2. The SMILES string of the molecule is CNC(c1ccc2c(c1)CCC2)C1CC2CC2C1. The van der Waals surface area contributed by atoms with Gasteiger partial charge in [-0.3, -0.25) is 0 Å². The fourth-order valence-corrected chi connectivity index (χ4v) is 4.49. The molecule has 3 aliphatic carbocycles. The topological polar surface area (TPSA) is 12.0 Å². The molecule has 0 aromatic heterocycles. The van der Waals surface area contributed by atoms with E-state index in [4.69, 9.17) is 0 Å². The van der Waals surface area contributed by atoms with Crippen molar-refractivity contribution >= 4 is 0 Å². The van der Waals surface area contributed by atoms with Gasteiger partial charge in [-0.05, 0) is 80.0 Å². The second-order valence-electron chi connectivity index (χ2n) is 6.64. The smallest absolute Gasteiger partial charge is 0.0346 e. The van der Waals surface area contributed by atoms with Crippen LogP contribution in [0.3, 0.4) is 0 Å². The molecular formula is C17H23N. The van der Waals surface area contributed by atoms with E-state index in [-0.39, 0.29) is 0 Å². The van der Waals surface area contributed by atoms with Crippen LogP contribution in [0.5, 0.6) is 0 Å². The lowest BCUT2D eigenvalue weighted by atomic mass is 9.88. The van der Waals surface area contributed by atoms with E-state index in [1.807, 2.05) is 0 Å². The molecule has 4 rings (SSSR count).